The summed E-state index contributed by atoms with van der Waals surface area (Å²) in [6.45, 7) is 5.74. The number of carboxylic acids is 1. The number of carbonyl (C=O) groups is 1. The van der Waals surface area contributed by atoms with Gasteiger partial charge in [0.25, 0.3) is 0 Å². The van der Waals surface area contributed by atoms with Crippen molar-refractivity contribution in [2.45, 2.75) is 27.3 Å². The van der Waals surface area contributed by atoms with E-state index in [9.17, 15) is 9.59 Å². The second-order valence-corrected chi connectivity index (χ2v) is 4.36. The molecular weight excluding hydrogens is 246 g/mol. The van der Waals surface area contributed by atoms with Gasteiger partial charge in [0.1, 0.15) is 0 Å². The first kappa shape index (κ1) is 13.1. The minimum Gasteiger partial charge on any atom is -0.475 e. The van der Waals surface area contributed by atoms with Gasteiger partial charge in [0.15, 0.2) is 0 Å². The van der Waals surface area contributed by atoms with E-state index in [1.165, 1.54) is 0 Å². The Kier molecular flexibility index (Phi) is 3.25. The van der Waals surface area contributed by atoms with Gasteiger partial charge in [-0.2, -0.15) is 4.68 Å². The van der Waals surface area contributed by atoms with E-state index >= 15 is 0 Å². The van der Waals surface area contributed by atoms with Crippen LogP contribution < -0.4 is 5.69 Å². The molecule has 1 N–H and O–H groups in total. The summed E-state index contributed by atoms with van der Waals surface area (Å²) in [6, 6.07) is 5.62. The van der Waals surface area contributed by atoms with Crippen molar-refractivity contribution in [2.75, 3.05) is 0 Å². The van der Waals surface area contributed by atoms with Gasteiger partial charge in [-0.15, -0.1) is 5.10 Å². The molecule has 100 valence electrons. The van der Waals surface area contributed by atoms with E-state index in [1.807, 2.05) is 32.0 Å². The maximum atomic E-state index is 12.2. The molecule has 0 spiro atoms. The highest BCUT2D eigenvalue weighted by Crippen LogP contribution is 2.13. The van der Waals surface area contributed by atoms with Gasteiger partial charge in [0.2, 0.25) is 5.82 Å². The molecule has 0 aliphatic heterocycles. The van der Waals surface area contributed by atoms with Crippen LogP contribution in [0.5, 0.6) is 0 Å². The molecule has 6 nitrogen and oxygen atoms in total. The zero-order valence-electron chi connectivity index (χ0n) is 11.0. The zero-order chi connectivity index (χ0) is 14.2. The van der Waals surface area contributed by atoms with E-state index in [0.29, 0.717) is 5.69 Å². The first-order valence-electron chi connectivity index (χ1n) is 5.96. The first-order valence-corrected chi connectivity index (χ1v) is 5.96. The Balaban J connectivity index is 2.73. The molecule has 0 bridgehead atoms. The molecule has 1 heterocycles. The van der Waals surface area contributed by atoms with Crippen molar-refractivity contribution in [1.29, 1.82) is 0 Å². The lowest BCUT2D eigenvalue weighted by molar-refractivity contribution is 0.0677. The van der Waals surface area contributed by atoms with Gasteiger partial charge in [-0.1, -0.05) is 12.1 Å². The van der Waals surface area contributed by atoms with Gasteiger partial charge in [0.05, 0.1) is 5.69 Å². The van der Waals surface area contributed by atoms with Crippen LogP contribution in [-0.4, -0.2) is 25.4 Å². The van der Waals surface area contributed by atoms with Gasteiger partial charge in [-0.3, -0.25) is 4.57 Å². The first-order chi connectivity index (χ1) is 8.95. The summed E-state index contributed by atoms with van der Waals surface area (Å²) >= 11 is 0. The largest absolute Gasteiger partial charge is 0.475 e. The number of benzene rings is 1. The van der Waals surface area contributed by atoms with E-state index in [-0.39, 0.29) is 12.4 Å². The maximum Gasteiger partial charge on any atom is 0.374 e. The van der Waals surface area contributed by atoms with Crippen LogP contribution in [0.2, 0.25) is 0 Å². The predicted molar refractivity (Wildman–Crippen MR) is 69.9 cm³/mol. The molecule has 0 aliphatic carbocycles. The van der Waals surface area contributed by atoms with Crippen molar-refractivity contribution in [3.8, 4) is 5.69 Å². The number of aromatic carboxylic acids is 1. The van der Waals surface area contributed by atoms with Crippen LogP contribution in [0.3, 0.4) is 0 Å². The summed E-state index contributed by atoms with van der Waals surface area (Å²) in [6.07, 6.45) is 0. The lowest BCUT2D eigenvalue weighted by atomic mass is 10.1. The average Bonchev–Trinajstić information content (AvgIpc) is 2.69. The van der Waals surface area contributed by atoms with Crippen molar-refractivity contribution < 1.29 is 9.90 Å². The maximum absolute atomic E-state index is 12.2. The molecule has 0 saturated heterocycles. The van der Waals surface area contributed by atoms with Crippen LogP contribution >= 0.6 is 0 Å². The van der Waals surface area contributed by atoms with Crippen molar-refractivity contribution >= 4 is 5.97 Å². The van der Waals surface area contributed by atoms with Gasteiger partial charge in [-0.05, 0) is 38.0 Å². The predicted octanol–water partition coefficient (Wildman–Crippen LogP) is 1.37. The lowest BCUT2D eigenvalue weighted by Crippen LogP contribution is -2.25. The monoisotopic (exact) mass is 261 g/mol. The van der Waals surface area contributed by atoms with Crippen LogP contribution in [0, 0.1) is 13.8 Å². The fraction of sp³-hybridized carbons (Fsp3) is 0.308. The number of nitrogens with zero attached hydrogens (tertiary/aromatic N) is 3. The fourth-order valence-corrected chi connectivity index (χ4v) is 1.94. The molecule has 2 aromatic rings. The molecule has 1 aromatic carbocycles. The van der Waals surface area contributed by atoms with Crippen LogP contribution in [0.4, 0.5) is 0 Å². The number of aromatic nitrogens is 3. The van der Waals surface area contributed by atoms with E-state index in [4.69, 9.17) is 5.11 Å². The van der Waals surface area contributed by atoms with Gasteiger partial charge in [-0.25, -0.2) is 9.59 Å². The summed E-state index contributed by atoms with van der Waals surface area (Å²) < 4.78 is 2.29. The summed E-state index contributed by atoms with van der Waals surface area (Å²) in [5.41, 5.74) is 2.02. The SMILES string of the molecule is CCn1c(C(=O)O)nn(-c2cc(C)ccc2C)c1=O. The molecular formula is C13H15N3O3. The average molecular weight is 261 g/mol. The normalized spacial score (nSPS) is 10.7. The second kappa shape index (κ2) is 4.72. The van der Waals surface area contributed by atoms with Crippen molar-refractivity contribution in [1.82, 2.24) is 14.3 Å². The minimum atomic E-state index is -1.21. The summed E-state index contributed by atoms with van der Waals surface area (Å²) in [4.78, 5) is 23.3. The minimum absolute atomic E-state index is 0.242. The molecule has 2 rings (SSSR count). The highest BCUT2D eigenvalue weighted by Gasteiger charge is 2.19. The molecule has 19 heavy (non-hydrogen) atoms. The Morgan fingerprint density at radius 3 is 2.58 bits per heavy atom. The third kappa shape index (κ3) is 2.16. The summed E-state index contributed by atoms with van der Waals surface area (Å²) in [5, 5.41) is 13.0. The van der Waals surface area contributed by atoms with Crippen molar-refractivity contribution in [3.63, 3.8) is 0 Å². The number of carboxylic acid groups (broad SMARTS) is 1. The third-order valence-electron chi connectivity index (χ3n) is 2.96. The molecule has 0 fully saturated rings. The quantitative estimate of drug-likeness (QED) is 0.905. The molecule has 6 heteroatoms. The summed E-state index contributed by atoms with van der Waals surface area (Å²) in [5.74, 6) is -1.45. The molecule has 0 atom stereocenters. The smallest absolute Gasteiger partial charge is 0.374 e. The zero-order valence-corrected chi connectivity index (χ0v) is 11.0. The fourth-order valence-electron chi connectivity index (χ4n) is 1.94. The molecule has 0 amide bonds. The third-order valence-corrected chi connectivity index (χ3v) is 2.96. The topological polar surface area (TPSA) is 77.1 Å². The van der Waals surface area contributed by atoms with Crippen molar-refractivity contribution in [2.24, 2.45) is 0 Å². The van der Waals surface area contributed by atoms with Crippen LogP contribution in [0.15, 0.2) is 23.0 Å². The Morgan fingerprint density at radius 1 is 1.37 bits per heavy atom. The van der Waals surface area contributed by atoms with Crippen LogP contribution in [0.1, 0.15) is 28.7 Å². The van der Waals surface area contributed by atoms with E-state index in [2.05, 4.69) is 5.10 Å². The molecule has 0 saturated carbocycles. The van der Waals surface area contributed by atoms with Crippen LogP contribution in [0.25, 0.3) is 5.69 Å². The lowest BCUT2D eigenvalue weighted by Gasteiger charge is -2.05. The summed E-state index contributed by atoms with van der Waals surface area (Å²) in [7, 11) is 0. The van der Waals surface area contributed by atoms with E-state index < -0.39 is 11.7 Å². The number of aryl methyl sites for hydroxylation is 2. The Bertz CT molecular complexity index is 698. The van der Waals surface area contributed by atoms with E-state index in [0.717, 1.165) is 20.4 Å². The molecule has 0 aliphatic rings. The number of rotatable bonds is 3. The molecule has 0 unspecified atom stereocenters. The Hall–Kier alpha value is -2.37. The Morgan fingerprint density at radius 2 is 2.05 bits per heavy atom. The standard InChI is InChI=1S/C13H15N3O3/c1-4-15-11(12(17)18)14-16(13(15)19)10-7-8(2)5-6-9(10)3/h5-7H,4H2,1-3H3,(H,17,18). The van der Waals surface area contributed by atoms with Gasteiger partial charge < -0.3 is 5.11 Å². The van der Waals surface area contributed by atoms with Crippen LogP contribution in [-0.2, 0) is 6.54 Å². The molecule has 0 radical (unpaired) electrons. The molecule has 1 aromatic heterocycles. The second-order valence-electron chi connectivity index (χ2n) is 4.36. The highest BCUT2D eigenvalue weighted by molar-refractivity contribution is 5.83. The highest BCUT2D eigenvalue weighted by atomic mass is 16.4. The van der Waals surface area contributed by atoms with Gasteiger partial charge >= 0.3 is 11.7 Å². The van der Waals surface area contributed by atoms with E-state index in [1.54, 1.807) is 6.92 Å². The van der Waals surface area contributed by atoms with Gasteiger partial charge in [0, 0.05) is 6.54 Å². The Labute approximate surface area is 109 Å². The number of hydrogen-bond acceptors (Lipinski definition) is 3. The van der Waals surface area contributed by atoms with Crippen molar-refractivity contribution in [3.05, 3.63) is 45.6 Å². The number of hydrogen-bond donors (Lipinski definition) is 1.